The quantitative estimate of drug-likeness (QED) is 0.471. The minimum Gasteiger partial charge on any atom is -0.497 e. The number of nitrogens with zero attached hydrogens (tertiary/aromatic N) is 4. The van der Waals surface area contributed by atoms with E-state index in [-0.39, 0.29) is 18.0 Å². The number of piperidine rings is 1. The van der Waals surface area contributed by atoms with Crippen LogP contribution in [0, 0.1) is 5.92 Å². The first kappa shape index (κ1) is 21.2. The molecule has 170 valence electrons. The van der Waals surface area contributed by atoms with Crippen LogP contribution in [0.3, 0.4) is 0 Å². The van der Waals surface area contributed by atoms with Gasteiger partial charge in [0.2, 0.25) is 5.91 Å². The van der Waals surface area contributed by atoms with Crippen molar-refractivity contribution in [1.29, 1.82) is 0 Å². The van der Waals surface area contributed by atoms with Gasteiger partial charge in [0.25, 0.3) is 5.56 Å². The Morgan fingerprint density at radius 3 is 2.55 bits per heavy atom. The van der Waals surface area contributed by atoms with Gasteiger partial charge in [0.15, 0.2) is 0 Å². The van der Waals surface area contributed by atoms with Crippen molar-refractivity contribution in [3.8, 4) is 5.75 Å². The fraction of sp³-hybridized carbons (Fsp3) is 0.346. The fourth-order valence-electron chi connectivity index (χ4n) is 4.65. The van der Waals surface area contributed by atoms with Crippen LogP contribution in [0.1, 0.15) is 25.3 Å². The van der Waals surface area contributed by atoms with Gasteiger partial charge in [-0.3, -0.25) is 14.2 Å². The van der Waals surface area contributed by atoms with Gasteiger partial charge < -0.3 is 14.2 Å². The summed E-state index contributed by atoms with van der Waals surface area (Å²) in [5, 5.41) is 0.890. The van der Waals surface area contributed by atoms with Crippen LogP contribution >= 0.6 is 0 Å². The molecule has 5 rings (SSSR count). The van der Waals surface area contributed by atoms with E-state index in [1.165, 1.54) is 0 Å². The molecule has 0 spiro atoms. The monoisotopic (exact) mass is 444 g/mol. The lowest BCUT2D eigenvalue weighted by atomic mass is 9.99. The van der Waals surface area contributed by atoms with Crippen molar-refractivity contribution in [1.82, 2.24) is 19.0 Å². The van der Waals surface area contributed by atoms with E-state index in [0.717, 1.165) is 48.1 Å². The number of carbonyl (C=O) groups excluding carboxylic acids is 1. The molecular weight excluding hydrogens is 416 g/mol. The maximum atomic E-state index is 13.6. The SMILES string of the molecule is COc1ccc(Cn2cnc3c4ccccc4n(CC(=O)N4CCC(C)CC4)c3c2=O)cc1. The predicted octanol–water partition coefficient (Wildman–Crippen LogP) is 3.67. The summed E-state index contributed by atoms with van der Waals surface area (Å²) in [5.41, 5.74) is 2.80. The van der Waals surface area contributed by atoms with Crippen molar-refractivity contribution in [2.45, 2.75) is 32.9 Å². The highest BCUT2D eigenvalue weighted by Crippen LogP contribution is 2.26. The minimum absolute atomic E-state index is 0.0505. The first-order valence-electron chi connectivity index (χ1n) is 11.4. The van der Waals surface area contributed by atoms with Crippen LogP contribution in [0.4, 0.5) is 0 Å². The first-order valence-corrected chi connectivity index (χ1v) is 11.4. The Morgan fingerprint density at radius 1 is 1.09 bits per heavy atom. The second-order valence-electron chi connectivity index (χ2n) is 8.89. The number of ether oxygens (including phenoxy) is 1. The summed E-state index contributed by atoms with van der Waals surface area (Å²) >= 11 is 0. The molecule has 1 fully saturated rings. The van der Waals surface area contributed by atoms with E-state index < -0.39 is 0 Å². The summed E-state index contributed by atoms with van der Waals surface area (Å²) < 4.78 is 8.68. The zero-order valence-corrected chi connectivity index (χ0v) is 19.0. The zero-order chi connectivity index (χ0) is 22.9. The van der Waals surface area contributed by atoms with Crippen LogP contribution in [-0.4, -0.2) is 45.1 Å². The second kappa shape index (κ2) is 8.73. The van der Waals surface area contributed by atoms with Gasteiger partial charge >= 0.3 is 0 Å². The van der Waals surface area contributed by atoms with E-state index in [9.17, 15) is 9.59 Å². The zero-order valence-electron chi connectivity index (χ0n) is 19.0. The maximum absolute atomic E-state index is 13.6. The van der Waals surface area contributed by atoms with Gasteiger partial charge in [-0.25, -0.2) is 4.98 Å². The topological polar surface area (TPSA) is 69.4 Å². The first-order chi connectivity index (χ1) is 16.0. The van der Waals surface area contributed by atoms with Crippen LogP contribution in [-0.2, 0) is 17.9 Å². The number of benzene rings is 2. The molecule has 0 radical (unpaired) electrons. The molecule has 0 N–H and O–H groups in total. The molecule has 1 aliphatic heterocycles. The van der Waals surface area contributed by atoms with Gasteiger partial charge in [0, 0.05) is 18.5 Å². The highest BCUT2D eigenvalue weighted by molar-refractivity contribution is 6.06. The lowest BCUT2D eigenvalue weighted by Gasteiger charge is -2.30. The smallest absolute Gasteiger partial charge is 0.278 e. The Kier molecular flexibility index (Phi) is 5.62. The molecule has 7 heteroatoms. The van der Waals surface area contributed by atoms with Gasteiger partial charge in [-0.1, -0.05) is 37.3 Å². The largest absolute Gasteiger partial charge is 0.497 e. The van der Waals surface area contributed by atoms with Gasteiger partial charge in [-0.05, 0) is 42.5 Å². The number of hydrogen-bond acceptors (Lipinski definition) is 4. The number of amides is 1. The van der Waals surface area contributed by atoms with Crippen LogP contribution in [0.5, 0.6) is 5.75 Å². The van der Waals surface area contributed by atoms with E-state index in [1.807, 2.05) is 58.0 Å². The van der Waals surface area contributed by atoms with Crippen molar-refractivity contribution in [3.05, 3.63) is 70.8 Å². The molecule has 0 saturated carbocycles. The number of hydrogen-bond donors (Lipinski definition) is 0. The second-order valence-corrected chi connectivity index (χ2v) is 8.89. The molecule has 3 heterocycles. The number of carbonyl (C=O) groups is 1. The molecule has 1 aliphatic rings. The molecular formula is C26H28N4O3. The third kappa shape index (κ3) is 3.99. The third-order valence-corrected chi connectivity index (χ3v) is 6.68. The van der Waals surface area contributed by atoms with Gasteiger partial charge in [-0.2, -0.15) is 0 Å². The summed E-state index contributed by atoms with van der Waals surface area (Å²) in [7, 11) is 1.63. The number of likely N-dealkylation sites (tertiary alicyclic amines) is 1. The van der Waals surface area contributed by atoms with Crippen molar-refractivity contribution < 1.29 is 9.53 Å². The average Bonchev–Trinajstić information content (AvgIpc) is 3.16. The van der Waals surface area contributed by atoms with Gasteiger partial charge in [0.1, 0.15) is 23.3 Å². The Hall–Kier alpha value is -3.61. The number of para-hydroxylation sites is 1. The fourth-order valence-corrected chi connectivity index (χ4v) is 4.65. The maximum Gasteiger partial charge on any atom is 0.278 e. The summed E-state index contributed by atoms with van der Waals surface area (Å²) in [5.74, 6) is 1.47. The summed E-state index contributed by atoms with van der Waals surface area (Å²) in [6.07, 6.45) is 3.64. The Labute approximate surface area is 192 Å². The summed E-state index contributed by atoms with van der Waals surface area (Å²) in [6, 6.07) is 15.4. The van der Waals surface area contributed by atoms with E-state index in [1.54, 1.807) is 18.0 Å². The Morgan fingerprint density at radius 2 is 1.82 bits per heavy atom. The predicted molar refractivity (Wildman–Crippen MR) is 129 cm³/mol. The molecule has 1 saturated heterocycles. The molecule has 0 atom stereocenters. The molecule has 0 unspecified atom stereocenters. The lowest BCUT2D eigenvalue weighted by molar-refractivity contribution is -0.133. The van der Waals surface area contributed by atoms with Crippen molar-refractivity contribution >= 4 is 27.8 Å². The highest BCUT2D eigenvalue weighted by Gasteiger charge is 2.23. The van der Waals surface area contributed by atoms with Crippen molar-refractivity contribution in [2.75, 3.05) is 20.2 Å². The Balaban J connectivity index is 1.55. The number of fused-ring (bicyclic) bond motifs is 3. The molecule has 0 aliphatic carbocycles. The van der Waals surface area contributed by atoms with E-state index in [2.05, 4.69) is 11.9 Å². The van der Waals surface area contributed by atoms with Gasteiger partial charge in [0.05, 0.1) is 25.5 Å². The molecule has 33 heavy (non-hydrogen) atoms. The molecule has 7 nitrogen and oxygen atoms in total. The standard InChI is InChI=1S/C26H28N4O3/c1-18-11-13-28(14-12-18)23(31)16-30-22-6-4-3-5-21(22)24-25(30)26(32)29(17-27-24)15-19-7-9-20(33-2)10-8-19/h3-10,17-18H,11-16H2,1-2H3. The van der Waals surface area contributed by atoms with Gasteiger partial charge in [-0.15, -0.1) is 0 Å². The normalized spacial score (nSPS) is 14.8. The third-order valence-electron chi connectivity index (χ3n) is 6.68. The van der Waals surface area contributed by atoms with Crippen molar-refractivity contribution in [3.63, 3.8) is 0 Å². The number of rotatable bonds is 5. The summed E-state index contributed by atoms with van der Waals surface area (Å²) in [4.78, 5) is 33.3. The lowest BCUT2D eigenvalue weighted by Crippen LogP contribution is -2.40. The van der Waals surface area contributed by atoms with Crippen LogP contribution in [0.15, 0.2) is 59.7 Å². The van der Waals surface area contributed by atoms with Crippen LogP contribution in [0.25, 0.3) is 21.9 Å². The molecule has 4 aromatic rings. The Bertz CT molecular complexity index is 1360. The molecule has 1 amide bonds. The van der Waals surface area contributed by atoms with Crippen LogP contribution in [0.2, 0.25) is 0 Å². The number of methoxy groups -OCH3 is 1. The highest BCUT2D eigenvalue weighted by atomic mass is 16.5. The summed E-state index contributed by atoms with van der Waals surface area (Å²) in [6.45, 7) is 4.31. The molecule has 2 aromatic heterocycles. The minimum atomic E-state index is -0.146. The average molecular weight is 445 g/mol. The van der Waals surface area contributed by atoms with E-state index in [4.69, 9.17) is 4.74 Å². The van der Waals surface area contributed by atoms with Crippen LogP contribution < -0.4 is 10.3 Å². The molecule has 2 aromatic carbocycles. The van der Waals surface area contributed by atoms with Crippen molar-refractivity contribution in [2.24, 2.45) is 5.92 Å². The van der Waals surface area contributed by atoms with E-state index in [0.29, 0.717) is 23.5 Å². The van der Waals surface area contributed by atoms with E-state index >= 15 is 0 Å². The molecule has 0 bridgehead atoms. The number of aromatic nitrogens is 3.